The molecule has 0 spiro atoms. The Hall–Kier alpha value is -0.940. The molecule has 0 fully saturated rings. The van der Waals surface area contributed by atoms with Crippen LogP contribution in [0.15, 0.2) is 23.2 Å². The van der Waals surface area contributed by atoms with Crippen LogP contribution >= 0.6 is 15.9 Å². The van der Waals surface area contributed by atoms with E-state index in [4.69, 9.17) is 0 Å². The third-order valence-electron chi connectivity index (χ3n) is 3.54. The standard InChI is InChI=1S/C13H19BrN4/c1-4-9(2)10(3)15-5-11-6-17-13-7-16-12(14)8-18(11)13/h6-10,15H,4-5H2,1-3H3. The zero-order chi connectivity index (χ0) is 13.1. The summed E-state index contributed by atoms with van der Waals surface area (Å²) in [5.74, 6) is 0.678. The van der Waals surface area contributed by atoms with Gasteiger partial charge in [-0.2, -0.15) is 0 Å². The first-order valence-electron chi connectivity index (χ1n) is 6.32. The molecule has 4 nitrogen and oxygen atoms in total. The number of rotatable bonds is 5. The molecule has 18 heavy (non-hydrogen) atoms. The van der Waals surface area contributed by atoms with Gasteiger partial charge >= 0.3 is 0 Å². The van der Waals surface area contributed by atoms with E-state index < -0.39 is 0 Å². The average Bonchev–Trinajstić information content (AvgIpc) is 2.77. The summed E-state index contributed by atoms with van der Waals surface area (Å²) in [6.07, 6.45) is 6.81. The number of hydrogen-bond acceptors (Lipinski definition) is 3. The topological polar surface area (TPSA) is 42.2 Å². The highest BCUT2D eigenvalue weighted by atomic mass is 79.9. The van der Waals surface area contributed by atoms with Crippen molar-refractivity contribution in [3.63, 3.8) is 0 Å². The average molecular weight is 311 g/mol. The predicted octanol–water partition coefficient (Wildman–Crippen LogP) is 3.02. The lowest BCUT2D eigenvalue weighted by atomic mass is 10.0. The maximum atomic E-state index is 4.34. The number of fused-ring (bicyclic) bond motifs is 1. The Morgan fingerprint density at radius 3 is 2.83 bits per heavy atom. The second kappa shape index (κ2) is 5.80. The first-order chi connectivity index (χ1) is 8.61. The van der Waals surface area contributed by atoms with E-state index in [2.05, 4.69) is 56.4 Å². The van der Waals surface area contributed by atoms with Crippen molar-refractivity contribution in [2.75, 3.05) is 0 Å². The SMILES string of the molecule is CCC(C)C(C)NCc1cnc2cnc(Br)cn12. The molecular formula is C13H19BrN4. The van der Waals surface area contributed by atoms with E-state index in [1.165, 1.54) is 6.42 Å². The van der Waals surface area contributed by atoms with Crippen LogP contribution in [0.2, 0.25) is 0 Å². The van der Waals surface area contributed by atoms with Crippen LogP contribution in [-0.2, 0) is 6.54 Å². The van der Waals surface area contributed by atoms with Crippen molar-refractivity contribution in [1.29, 1.82) is 0 Å². The first kappa shape index (κ1) is 13.5. The van der Waals surface area contributed by atoms with Gasteiger partial charge in [-0.25, -0.2) is 9.97 Å². The van der Waals surface area contributed by atoms with Crippen LogP contribution in [0.1, 0.15) is 32.9 Å². The number of nitrogens with zero attached hydrogens (tertiary/aromatic N) is 3. The Labute approximate surface area is 116 Å². The Morgan fingerprint density at radius 1 is 1.33 bits per heavy atom. The predicted molar refractivity (Wildman–Crippen MR) is 76.4 cm³/mol. The number of hydrogen-bond donors (Lipinski definition) is 1. The molecule has 0 saturated carbocycles. The number of halogens is 1. The number of aromatic nitrogens is 3. The highest BCUT2D eigenvalue weighted by molar-refractivity contribution is 9.10. The maximum absolute atomic E-state index is 4.34. The van der Waals surface area contributed by atoms with Crippen molar-refractivity contribution < 1.29 is 0 Å². The Kier molecular flexibility index (Phi) is 4.35. The van der Waals surface area contributed by atoms with Gasteiger partial charge in [0.1, 0.15) is 4.60 Å². The quantitative estimate of drug-likeness (QED) is 0.923. The van der Waals surface area contributed by atoms with Crippen molar-refractivity contribution in [3.05, 3.63) is 28.9 Å². The van der Waals surface area contributed by atoms with E-state index in [1.54, 1.807) is 6.20 Å². The van der Waals surface area contributed by atoms with Gasteiger partial charge in [0.15, 0.2) is 5.65 Å². The second-order valence-electron chi connectivity index (χ2n) is 4.74. The van der Waals surface area contributed by atoms with E-state index in [-0.39, 0.29) is 0 Å². The van der Waals surface area contributed by atoms with Gasteiger partial charge in [0.25, 0.3) is 0 Å². The van der Waals surface area contributed by atoms with E-state index in [1.807, 2.05) is 12.4 Å². The van der Waals surface area contributed by atoms with Crippen LogP contribution in [0.4, 0.5) is 0 Å². The van der Waals surface area contributed by atoms with Gasteiger partial charge in [-0.05, 0) is 28.8 Å². The molecule has 0 bridgehead atoms. The lowest BCUT2D eigenvalue weighted by molar-refractivity contribution is 0.387. The molecule has 2 aromatic heterocycles. The Bertz CT molecular complexity index is 523. The third kappa shape index (κ3) is 2.90. The van der Waals surface area contributed by atoms with Crippen LogP contribution in [0.25, 0.3) is 5.65 Å². The molecule has 0 aliphatic rings. The van der Waals surface area contributed by atoms with Gasteiger partial charge < -0.3 is 5.32 Å². The zero-order valence-corrected chi connectivity index (χ0v) is 12.6. The molecule has 0 amide bonds. The maximum Gasteiger partial charge on any atom is 0.155 e. The van der Waals surface area contributed by atoms with Gasteiger partial charge in [0.2, 0.25) is 0 Å². The molecule has 2 rings (SSSR count). The molecular weight excluding hydrogens is 292 g/mol. The minimum absolute atomic E-state index is 0.505. The van der Waals surface area contributed by atoms with Gasteiger partial charge in [0.05, 0.1) is 18.1 Å². The van der Waals surface area contributed by atoms with E-state index >= 15 is 0 Å². The lowest BCUT2D eigenvalue weighted by Gasteiger charge is -2.19. The monoisotopic (exact) mass is 310 g/mol. The highest BCUT2D eigenvalue weighted by Gasteiger charge is 2.11. The first-order valence-corrected chi connectivity index (χ1v) is 7.12. The Morgan fingerprint density at radius 2 is 2.11 bits per heavy atom. The fraction of sp³-hybridized carbons (Fsp3) is 0.538. The molecule has 2 unspecified atom stereocenters. The Balaban J connectivity index is 2.10. The van der Waals surface area contributed by atoms with Crippen molar-refractivity contribution >= 4 is 21.6 Å². The van der Waals surface area contributed by atoms with Crippen LogP contribution in [0.5, 0.6) is 0 Å². The van der Waals surface area contributed by atoms with Crippen LogP contribution in [0.3, 0.4) is 0 Å². The molecule has 5 heteroatoms. The number of nitrogens with one attached hydrogen (secondary N) is 1. The molecule has 0 saturated heterocycles. The van der Waals surface area contributed by atoms with E-state index in [0.29, 0.717) is 12.0 Å². The van der Waals surface area contributed by atoms with Crippen molar-refractivity contribution in [3.8, 4) is 0 Å². The van der Waals surface area contributed by atoms with Crippen LogP contribution < -0.4 is 5.32 Å². The van der Waals surface area contributed by atoms with Crippen molar-refractivity contribution in [1.82, 2.24) is 19.7 Å². The van der Waals surface area contributed by atoms with E-state index in [9.17, 15) is 0 Å². The summed E-state index contributed by atoms with van der Waals surface area (Å²) < 4.78 is 2.89. The largest absolute Gasteiger partial charge is 0.308 e. The molecule has 2 atom stereocenters. The molecule has 0 aliphatic heterocycles. The summed E-state index contributed by atoms with van der Waals surface area (Å²) in [6.45, 7) is 7.55. The van der Waals surface area contributed by atoms with E-state index in [0.717, 1.165) is 22.5 Å². The summed E-state index contributed by atoms with van der Waals surface area (Å²) in [7, 11) is 0. The molecule has 2 heterocycles. The summed E-state index contributed by atoms with van der Waals surface area (Å²) >= 11 is 3.39. The van der Waals surface area contributed by atoms with Crippen molar-refractivity contribution in [2.45, 2.75) is 39.8 Å². The molecule has 98 valence electrons. The summed E-state index contributed by atoms with van der Waals surface area (Å²) in [5.41, 5.74) is 2.04. The molecule has 0 aromatic carbocycles. The highest BCUT2D eigenvalue weighted by Crippen LogP contribution is 2.12. The summed E-state index contributed by atoms with van der Waals surface area (Å²) in [4.78, 5) is 8.51. The number of imidazole rings is 1. The van der Waals surface area contributed by atoms with Gasteiger partial charge in [-0.1, -0.05) is 20.3 Å². The third-order valence-corrected chi connectivity index (χ3v) is 3.95. The summed E-state index contributed by atoms with van der Waals surface area (Å²) in [5, 5.41) is 3.55. The zero-order valence-electron chi connectivity index (χ0n) is 11.0. The second-order valence-corrected chi connectivity index (χ2v) is 5.56. The van der Waals surface area contributed by atoms with Crippen LogP contribution in [0, 0.1) is 5.92 Å². The van der Waals surface area contributed by atoms with Crippen molar-refractivity contribution in [2.24, 2.45) is 5.92 Å². The fourth-order valence-electron chi connectivity index (χ4n) is 1.87. The van der Waals surface area contributed by atoms with Gasteiger partial charge in [-0.15, -0.1) is 0 Å². The normalized spacial score (nSPS) is 14.9. The van der Waals surface area contributed by atoms with Crippen LogP contribution in [-0.4, -0.2) is 20.4 Å². The molecule has 0 aliphatic carbocycles. The lowest BCUT2D eigenvalue weighted by Crippen LogP contribution is -2.31. The molecule has 2 aromatic rings. The van der Waals surface area contributed by atoms with Gasteiger partial charge in [0, 0.05) is 18.8 Å². The van der Waals surface area contributed by atoms with Gasteiger partial charge in [-0.3, -0.25) is 4.40 Å². The summed E-state index contributed by atoms with van der Waals surface area (Å²) in [6, 6.07) is 0.505. The fourth-order valence-corrected chi connectivity index (χ4v) is 2.17. The minimum Gasteiger partial charge on any atom is -0.308 e. The molecule has 0 radical (unpaired) electrons. The molecule has 1 N–H and O–H groups in total. The smallest absolute Gasteiger partial charge is 0.155 e. The minimum atomic E-state index is 0.505.